The summed E-state index contributed by atoms with van der Waals surface area (Å²) in [4.78, 5) is 23.6. The molecule has 1 aromatic heterocycles. The summed E-state index contributed by atoms with van der Waals surface area (Å²) in [6.07, 6.45) is 2.58. The van der Waals surface area contributed by atoms with Crippen molar-refractivity contribution in [3.05, 3.63) is 24.0 Å². The zero-order chi connectivity index (χ0) is 9.42. The van der Waals surface area contributed by atoms with E-state index in [-0.39, 0.29) is 17.6 Å². The van der Waals surface area contributed by atoms with E-state index in [0.717, 1.165) is 4.90 Å². The largest absolute Gasteiger partial charge is 0.363 e. The molecule has 1 aromatic rings. The summed E-state index contributed by atoms with van der Waals surface area (Å²) in [5.41, 5.74) is 0.410. The van der Waals surface area contributed by atoms with Crippen molar-refractivity contribution in [2.75, 3.05) is 4.90 Å². The Bertz CT molecular complexity index is 392. The molecular weight excluding hydrogens is 172 g/mol. The van der Waals surface area contributed by atoms with Gasteiger partial charge < -0.3 is 4.52 Å². The van der Waals surface area contributed by atoms with Crippen LogP contribution in [0.1, 0.15) is 6.92 Å². The summed E-state index contributed by atoms with van der Waals surface area (Å²) in [5.74, 6) is -0.501. The molecule has 0 unspecified atom stereocenters. The third-order valence-electron chi connectivity index (χ3n) is 1.75. The molecule has 1 aliphatic heterocycles. The first-order valence-electron chi connectivity index (χ1n) is 3.67. The van der Waals surface area contributed by atoms with Crippen LogP contribution in [0.4, 0.5) is 5.82 Å². The Morgan fingerprint density at radius 2 is 2.23 bits per heavy atom. The number of hydrogen-bond acceptors (Lipinski definition) is 4. The predicted octanol–water partition coefficient (Wildman–Crippen LogP) is 0.494. The molecule has 2 heterocycles. The Balaban J connectivity index is 2.39. The fourth-order valence-electron chi connectivity index (χ4n) is 1.13. The second kappa shape index (κ2) is 2.55. The lowest BCUT2D eigenvalue weighted by Crippen LogP contribution is -2.30. The van der Waals surface area contributed by atoms with Crippen LogP contribution in [-0.2, 0) is 9.59 Å². The molecule has 0 aliphatic carbocycles. The average molecular weight is 178 g/mol. The van der Waals surface area contributed by atoms with E-state index in [1.165, 1.54) is 18.4 Å². The van der Waals surface area contributed by atoms with Gasteiger partial charge in [0.1, 0.15) is 6.26 Å². The lowest BCUT2D eigenvalue weighted by molar-refractivity contribution is -0.120. The number of nitrogens with zero attached hydrogens (tertiary/aromatic N) is 2. The van der Waals surface area contributed by atoms with Gasteiger partial charge in [-0.2, -0.15) is 0 Å². The molecule has 0 bridgehead atoms. The third-order valence-corrected chi connectivity index (χ3v) is 1.75. The quantitative estimate of drug-likeness (QED) is 0.587. The predicted molar refractivity (Wildman–Crippen MR) is 42.8 cm³/mol. The molecule has 0 N–H and O–H groups in total. The maximum Gasteiger partial charge on any atom is 0.262 e. The number of rotatable bonds is 1. The van der Waals surface area contributed by atoms with Gasteiger partial charge in [-0.3, -0.25) is 9.59 Å². The van der Waals surface area contributed by atoms with Crippen molar-refractivity contribution >= 4 is 17.6 Å². The summed E-state index contributed by atoms with van der Waals surface area (Å²) >= 11 is 0. The molecule has 0 aromatic carbocycles. The van der Waals surface area contributed by atoms with Crippen LogP contribution in [0.25, 0.3) is 0 Å². The Hall–Kier alpha value is -1.91. The molecule has 0 atom stereocenters. The van der Waals surface area contributed by atoms with Crippen LogP contribution in [0.15, 0.2) is 28.5 Å². The van der Waals surface area contributed by atoms with Crippen molar-refractivity contribution in [3.63, 3.8) is 0 Å². The standard InChI is InChI=1S/C8H6N2O3/c1-5-4-7(11)10(8(5)12)6-2-3-13-9-6/h2-4H,1H3. The van der Waals surface area contributed by atoms with Crippen molar-refractivity contribution in [1.29, 1.82) is 0 Å². The summed E-state index contributed by atoms with van der Waals surface area (Å²) < 4.78 is 4.54. The molecule has 0 saturated heterocycles. The van der Waals surface area contributed by atoms with Crippen molar-refractivity contribution < 1.29 is 14.1 Å². The summed E-state index contributed by atoms with van der Waals surface area (Å²) in [6.45, 7) is 1.58. The Kier molecular flexibility index (Phi) is 1.51. The molecule has 0 saturated carbocycles. The minimum atomic E-state index is -0.378. The first-order valence-corrected chi connectivity index (χ1v) is 3.67. The molecule has 0 fully saturated rings. The first-order chi connectivity index (χ1) is 6.20. The maximum absolute atomic E-state index is 11.4. The molecule has 2 amide bonds. The van der Waals surface area contributed by atoms with Crippen LogP contribution in [0, 0.1) is 0 Å². The SMILES string of the molecule is CC1=CC(=O)N(c2ccon2)C1=O. The van der Waals surface area contributed by atoms with Gasteiger partial charge in [-0.15, -0.1) is 0 Å². The van der Waals surface area contributed by atoms with E-state index in [1.807, 2.05) is 0 Å². The van der Waals surface area contributed by atoms with Gasteiger partial charge in [0.2, 0.25) is 0 Å². The summed E-state index contributed by atoms with van der Waals surface area (Å²) in [6, 6.07) is 1.46. The number of amides is 2. The number of imide groups is 1. The molecule has 13 heavy (non-hydrogen) atoms. The second-order valence-corrected chi connectivity index (χ2v) is 2.66. The van der Waals surface area contributed by atoms with Crippen LogP contribution >= 0.6 is 0 Å². The fourth-order valence-corrected chi connectivity index (χ4v) is 1.13. The number of carbonyl (C=O) groups excluding carboxylic acids is 2. The van der Waals surface area contributed by atoms with Gasteiger partial charge in [0, 0.05) is 17.7 Å². The second-order valence-electron chi connectivity index (χ2n) is 2.66. The number of carbonyl (C=O) groups is 2. The van der Waals surface area contributed by atoms with Crippen LogP contribution in [0.3, 0.4) is 0 Å². The minimum absolute atomic E-state index is 0.225. The normalized spacial score (nSPS) is 16.7. The Labute approximate surface area is 73.6 Å². The van der Waals surface area contributed by atoms with Crippen molar-refractivity contribution in [1.82, 2.24) is 5.16 Å². The van der Waals surface area contributed by atoms with Crippen molar-refractivity contribution in [3.8, 4) is 0 Å². The van der Waals surface area contributed by atoms with Gasteiger partial charge in [0.15, 0.2) is 5.82 Å². The van der Waals surface area contributed by atoms with Crippen LogP contribution in [0.2, 0.25) is 0 Å². The van der Waals surface area contributed by atoms with E-state index in [9.17, 15) is 9.59 Å². The third kappa shape index (κ3) is 1.05. The van der Waals surface area contributed by atoms with Crippen molar-refractivity contribution in [2.45, 2.75) is 6.92 Å². The monoisotopic (exact) mass is 178 g/mol. The van der Waals surface area contributed by atoms with Crippen molar-refractivity contribution in [2.24, 2.45) is 0 Å². The molecule has 5 heteroatoms. The maximum atomic E-state index is 11.4. The van der Waals surface area contributed by atoms with Gasteiger partial charge in [-0.1, -0.05) is 5.16 Å². The zero-order valence-electron chi connectivity index (χ0n) is 6.85. The highest BCUT2D eigenvalue weighted by atomic mass is 16.5. The van der Waals surface area contributed by atoms with Gasteiger partial charge in [-0.25, -0.2) is 4.90 Å². The molecular formula is C8H6N2O3. The van der Waals surface area contributed by atoms with Gasteiger partial charge in [-0.05, 0) is 6.92 Å². The van der Waals surface area contributed by atoms with Gasteiger partial charge in [0.25, 0.3) is 11.8 Å². The first kappa shape index (κ1) is 7.72. The number of aromatic nitrogens is 1. The molecule has 66 valence electrons. The van der Waals surface area contributed by atoms with E-state index in [1.54, 1.807) is 6.92 Å². The topological polar surface area (TPSA) is 63.4 Å². The van der Waals surface area contributed by atoms with Gasteiger partial charge >= 0.3 is 0 Å². The lowest BCUT2D eigenvalue weighted by Gasteiger charge is -2.08. The number of anilines is 1. The molecule has 5 nitrogen and oxygen atoms in total. The summed E-state index contributed by atoms with van der Waals surface area (Å²) in [5, 5.41) is 3.51. The van der Waals surface area contributed by atoms with Crippen LogP contribution < -0.4 is 4.90 Å². The highest BCUT2D eigenvalue weighted by molar-refractivity contribution is 6.29. The minimum Gasteiger partial charge on any atom is -0.363 e. The van der Waals surface area contributed by atoms with Crippen LogP contribution in [-0.4, -0.2) is 17.0 Å². The Morgan fingerprint density at radius 3 is 2.69 bits per heavy atom. The highest BCUT2D eigenvalue weighted by Gasteiger charge is 2.31. The van der Waals surface area contributed by atoms with E-state index < -0.39 is 0 Å². The molecule has 2 rings (SSSR count). The summed E-state index contributed by atoms with van der Waals surface area (Å²) in [7, 11) is 0. The molecule has 0 spiro atoms. The average Bonchev–Trinajstić information content (AvgIpc) is 2.63. The van der Waals surface area contributed by atoms with E-state index in [4.69, 9.17) is 0 Å². The smallest absolute Gasteiger partial charge is 0.262 e. The molecule has 0 radical (unpaired) electrons. The zero-order valence-corrected chi connectivity index (χ0v) is 6.85. The van der Waals surface area contributed by atoms with Gasteiger partial charge in [0.05, 0.1) is 0 Å². The Morgan fingerprint density at radius 1 is 1.46 bits per heavy atom. The van der Waals surface area contributed by atoms with E-state index >= 15 is 0 Å². The van der Waals surface area contributed by atoms with E-state index in [0.29, 0.717) is 5.57 Å². The highest BCUT2D eigenvalue weighted by Crippen LogP contribution is 2.19. The lowest BCUT2D eigenvalue weighted by atomic mass is 10.3. The van der Waals surface area contributed by atoms with Crippen LogP contribution in [0.5, 0.6) is 0 Å². The fraction of sp³-hybridized carbons (Fsp3) is 0.125. The number of hydrogen-bond donors (Lipinski definition) is 0. The molecule has 1 aliphatic rings. The van der Waals surface area contributed by atoms with E-state index in [2.05, 4.69) is 9.68 Å².